The lowest BCUT2D eigenvalue weighted by molar-refractivity contribution is -0.121. The van der Waals surface area contributed by atoms with E-state index >= 15 is 0 Å². The molecule has 1 aliphatic heterocycles. The van der Waals surface area contributed by atoms with Crippen LogP contribution >= 0.6 is 0 Å². The fourth-order valence-electron chi connectivity index (χ4n) is 2.56. The summed E-state index contributed by atoms with van der Waals surface area (Å²) < 4.78 is 1.53. The zero-order chi connectivity index (χ0) is 16.2. The molecule has 3 N–H and O–H groups in total. The Morgan fingerprint density at radius 2 is 2.22 bits per heavy atom. The predicted molar refractivity (Wildman–Crippen MR) is 81.7 cm³/mol. The van der Waals surface area contributed by atoms with Crippen molar-refractivity contribution in [1.82, 2.24) is 24.6 Å². The molecule has 9 nitrogen and oxygen atoms in total. The largest absolute Gasteiger partial charge is 0.351 e. The molecule has 0 aliphatic carbocycles. The molecule has 0 aromatic carbocycles. The number of pyridine rings is 1. The van der Waals surface area contributed by atoms with E-state index in [1.807, 2.05) is 0 Å². The summed E-state index contributed by atoms with van der Waals surface area (Å²) in [6.45, 7) is 0.957. The van der Waals surface area contributed by atoms with Crippen molar-refractivity contribution in [2.75, 3.05) is 18.4 Å². The molecule has 1 saturated heterocycles. The molecule has 0 radical (unpaired) electrons. The molecule has 0 spiro atoms. The van der Waals surface area contributed by atoms with Crippen LogP contribution in [-0.4, -0.2) is 49.7 Å². The number of hydrogen-bond acceptors (Lipinski definition) is 5. The Morgan fingerprint density at radius 3 is 2.87 bits per heavy atom. The Labute approximate surface area is 132 Å². The van der Waals surface area contributed by atoms with Gasteiger partial charge in [-0.05, 0) is 25.0 Å². The molecule has 0 saturated carbocycles. The summed E-state index contributed by atoms with van der Waals surface area (Å²) in [7, 11) is 0. The summed E-state index contributed by atoms with van der Waals surface area (Å²) >= 11 is 0. The summed E-state index contributed by atoms with van der Waals surface area (Å²) in [6, 6.07) is 3.00. The summed E-state index contributed by atoms with van der Waals surface area (Å²) in [5.74, 6) is 0.218. The van der Waals surface area contributed by atoms with Crippen LogP contribution in [-0.2, 0) is 4.79 Å². The molecule has 3 rings (SSSR count). The van der Waals surface area contributed by atoms with Crippen LogP contribution in [0.2, 0.25) is 0 Å². The van der Waals surface area contributed by atoms with Crippen LogP contribution in [0.1, 0.15) is 12.8 Å². The van der Waals surface area contributed by atoms with Gasteiger partial charge in [-0.15, -0.1) is 0 Å². The number of nitrogens with zero attached hydrogens (tertiary/aromatic N) is 5. The average Bonchev–Trinajstić information content (AvgIpc) is 3.10. The molecule has 9 heteroatoms. The molecule has 1 aliphatic rings. The number of primary amides is 1. The van der Waals surface area contributed by atoms with Crippen LogP contribution in [0.4, 0.5) is 10.5 Å². The maximum absolute atomic E-state index is 12.3. The number of aromatic nitrogens is 4. The van der Waals surface area contributed by atoms with Gasteiger partial charge in [-0.1, -0.05) is 0 Å². The predicted octanol–water partition coefficient (Wildman–Crippen LogP) is 0.391. The highest BCUT2D eigenvalue weighted by atomic mass is 16.2. The van der Waals surface area contributed by atoms with Gasteiger partial charge in [0.05, 0.1) is 17.8 Å². The number of amides is 3. The van der Waals surface area contributed by atoms with E-state index in [1.54, 1.807) is 24.7 Å². The second kappa shape index (κ2) is 6.42. The number of urea groups is 1. The van der Waals surface area contributed by atoms with Crippen molar-refractivity contribution in [2.45, 2.75) is 12.8 Å². The van der Waals surface area contributed by atoms with Gasteiger partial charge in [0, 0.05) is 13.1 Å². The van der Waals surface area contributed by atoms with Gasteiger partial charge in [0.1, 0.15) is 12.7 Å². The summed E-state index contributed by atoms with van der Waals surface area (Å²) in [4.78, 5) is 33.1. The quantitative estimate of drug-likeness (QED) is 0.849. The van der Waals surface area contributed by atoms with Crippen LogP contribution in [0.5, 0.6) is 0 Å². The molecule has 2 aromatic heterocycles. The number of nitrogens with one attached hydrogen (secondary N) is 1. The van der Waals surface area contributed by atoms with Crippen LogP contribution in [0, 0.1) is 5.92 Å². The second-order valence-corrected chi connectivity index (χ2v) is 5.36. The van der Waals surface area contributed by atoms with Crippen molar-refractivity contribution < 1.29 is 9.59 Å². The lowest BCUT2D eigenvalue weighted by Crippen LogP contribution is -2.46. The van der Waals surface area contributed by atoms with E-state index in [2.05, 4.69) is 20.4 Å². The Bertz CT molecular complexity index is 684. The van der Waals surface area contributed by atoms with Crippen LogP contribution < -0.4 is 11.1 Å². The summed E-state index contributed by atoms with van der Waals surface area (Å²) in [5, 5.41) is 6.80. The number of carbonyl (C=O) groups is 2. The number of anilines is 1. The SMILES string of the molecule is NC(=O)N1CCC[C@H](C(=O)Nc2ccc(-n3cncn3)nc2)C1. The van der Waals surface area contributed by atoms with Gasteiger partial charge in [0.2, 0.25) is 5.91 Å². The van der Waals surface area contributed by atoms with Gasteiger partial charge in [0.25, 0.3) is 0 Å². The first-order chi connectivity index (χ1) is 11.1. The number of nitrogens with two attached hydrogens (primary N) is 1. The van der Waals surface area contributed by atoms with E-state index in [1.165, 1.54) is 15.9 Å². The number of rotatable bonds is 3. The van der Waals surface area contributed by atoms with E-state index < -0.39 is 6.03 Å². The highest BCUT2D eigenvalue weighted by Crippen LogP contribution is 2.18. The zero-order valence-electron chi connectivity index (χ0n) is 12.4. The zero-order valence-corrected chi connectivity index (χ0v) is 12.4. The fraction of sp³-hybridized carbons (Fsp3) is 0.357. The van der Waals surface area contributed by atoms with Crippen LogP contribution in [0.15, 0.2) is 31.0 Å². The van der Waals surface area contributed by atoms with Gasteiger partial charge in [-0.3, -0.25) is 4.79 Å². The molecule has 0 bridgehead atoms. The first kappa shape index (κ1) is 14.9. The minimum atomic E-state index is -0.485. The Balaban J connectivity index is 1.62. The van der Waals surface area contributed by atoms with Crippen LogP contribution in [0.25, 0.3) is 5.82 Å². The molecular weight excluding hydrogens is 298 g/mol. The third kappa shape index (κ3) is 3.44. The van der Waals surface area contributed by atoms with Gasteiger partial charge in [-0.25, -0.2) is 19.4 Å². The first-order valence-electron chi connectivity index (χ1n) is 7.30. The van der Waals surface area contributed by atoms with Crippen molar-refractivity contribution in [3.8, 4) is 5.82 Å². The van der Waals surface area contributed by atoms with Gasteiger partial charge in [0.15, 0.2) is 5.82 Å². The van der Waals surface area contributed by atoms with Crippen molar-refractivity contribution >= 4 is 17.6 Å². The molecule has 3 heterocycles. The fourth-order valence-corrected chi connectivity index (χ4v) is 2.56. The standard InChI is InChI=1S/C14H17N7O2/c15-14(23)20-5-1-2-10(7-20)13(22)19-11-3-4-12(17-6-11)21-9-16-8-18-21/h3-4,6,8-10H,1-2,5,7H2,(H2,15,23)(H,19,22)/t10-/m0/s1. The van der Waals surface area contributed by atoms with Crippen molar-refractivity contribution in [1.29, 1.82) is 0 Å². The van der Waals surface area contributed by atoms with E-state index in [0.717, 1.165) is 12.8 Å². The number of likely N-dealkylation sites (tertiary alicyclic amines) is 1. The Hall–Kier alpha value is -2.97. The molecule has 1 fully saturated rings. The molecule has 120 valence electrons. The maximum Gasteiger partial charge on any atom is 0.314 e. The number of hydrogen-bond donors (Lipinski definition) is 2. The smallest absolute Gasteiger partial charge is 0.314 e. The molecule has 1 atom stereocenters. The Morgan fingerprint density at radius 1 is 1.35 bits per heavy atom. The van der Waals surface area contributed by atoms with E-state index in [4.69, 9.17) is 5.73 Å². The topological polar surface area (TPSA) is 119 Å². The van der Waals surface area contributed by atoms with Gasteiger partial charge in [-0.2, -0.15) is 5.10 Å². The van der Waals surface area contributed by atoms with E-state index in [-0.39, 0.29) is 11.8 Å². The lowest BCUT2D eigenvalue weighted by Gasteiger charge is -2.30. The highest BCUT2D eigenvalue weighted by Gasteiger charge is 2.27. The monoisotopic (exact) mass is 315 g/mol. The van der Waals surface area contributed by atoms with E-state index in [0.29, 0.717) is 24.6 Å². The van der Waals surface area contributed by atoms with Crippen molar-refractivity contribution in [2.24, 2.45) is 11.7 Å². The number of piperidine rings is 1. The second-order valence-electron chi connectivity index (χ2n) is 5.36. The normalized spacial score (nSPS) is 17.7. The third-order valence-electron chi connectivity index (χ3n) is 3.77. The minimum Gasteiger partial charge on any atom is -0.351 e. The van der Waals surface area contributed by atoms with Crippen molar-refractivity contribution in [3.05, 3.63) is 31.0 Å². The highest BCUT2D eigenvalue weighted by molar-refractivity contribution is 5.93. The molecule has 2 aromatic rings. The summed E-state index contributed by atoms with van der Waals surface area (Å²) in [5.41, 5.74) is 5.87. The van der Waals surface area contributed by atoms with Gasteiger partial charge < -0.3 is 16.0 Å². The van der Waals surface area contributed by atoms with Crippen LogP contribution in [0.3, 0.4) is 0 Å². The molecular formula is C14H17N7O2. The molecule has 23 heavy (non-hydrogen) atoms. The maximum atomic E-state index is 12.3. The minimum absolute atomic E-state index is 0.133. The molecule has 0 unspecified atom stereocenters. The average molecular weight is 315 g/mol. The lowest BCUT2D eigenvalue weighted by atomic mass is 9.97. The van der Waals surface area contributed by atoms with Gasteiger partial charge >= 0.3 is 6.03 Å². The third-order valence-corrected chi connectivity index (χ3v) is 3.77. The van der Waals surface area contributed by atoms with Crippen molar-refractivity contribution in [3.63, 3.8) is 0 Å². The summed E-state index contributed by atoms with van der Waals surface area (Å²) in [6.07, 6.45) is 6.03. The first-order valence-corrected chi connectivity index (χ1v) is 7.30. The Kier molecular flexibility index (Phi) is 4.18. The van der Waals surface area contributed by atoms with E-state index in [9.17, 15) is 9.59 Å². The number of carbonyl (C=O) groups excluding carboxylic acids is 2. The molecule has 3 amide bonds.